The SMILES string of the molecule is COc1cc(OC)c2c(c1)N(c1ccc3ncc(-c4cnn(C)c4)nc3c1)CCN(C(C)C)C2.COc1cc(OC)c2c(c1)N(c1ccc3ncc(/C(C=N)=C/N)nc3c1)CCN(C(C)C)C2. The summed E-state index contributed by atoms with van der Waals surface area (Å²) in [5.74, 6) is 3.18. The molecule has 0 saturated heterocycles. The Morgan fingerprint density at radius 1 is 0.642 bits per heavy atom. The van der Waals surface area contributed by atoms with E-state index in [1.165, 1.54) is 12.4 Å². The topological polar surface area (TPSA) is 169 Å². The van der Waals surface area contributed by atoms with Crippen molar-refractivity contribution in [2.45, 2.75) is 52.9 Å². The number of rotatable bonds is 11. The summed E-state index contributed by atoms with van der Waals surface area (Å²) in [5, 5.41) is 11.8. The number of anilines is 4. The van der Waals surface area contributed by atoms with Crippen LogP contribution in [0.3, 0.4) is 0 Å². The van der Waals surface area contributed by atoms with Crippen LogP contribution in [0, 0.1) is 5.41 Å². The van der Waals surface area contributed by atoms with E-state index in [-0.39, 0.29) is 0 Å². The molecule has 0 amide bonds. The van der Waals surface area contributed by atoms with Crippen molar-refractivity contribution in [3.63, 3.8) is 0 Å². The molecule has 16 heteroatoms. The smallest absolute Gasteiger partial charge is 0.129 e. The fraction of sp³-hybridized carbons (Fsp3) is 0.333. The lowest BCUT2D eigenvalue weighted by Gasteiger charge is -2.26. The van der Waals surface area contributed by atoms with Gasteiger partial charge in [0.25, 0.3) is 0 Å². The zero-order valence-electron chi connectivity index (χ0n) is 39.8. The lowest BCUT2D eigenvalue weighted by atomic mass is 10.1. The zero-order valence-corrected chi connectivity index (χ0v) is 39.8. The van der Waals surface area contributed by atoms with Gasteiger partial charge in [-0.15, -0.1) is 0 Å². The molecular formula is C51H60N12O4. The van der Waals surface area contributed by atoms with Crippen LogP contribution in [-0.2, 0) is 20.1 Å². The highest BCUT2D eigenvalue weighted by Gasteiger charge is 2.28. The van der Waals surface area contributed by atoms with Crippen molar-refractivity contribution >= 4 is 56.6 Å². The van der Waals surface area contributed by atoms with Crippen molar-refractivity contribution in [3.05, 3.63) is 108 Å². The molecule has 67 heavy (non-hydrogen) atoms. The van der Waals surface area contributed by atoms with Gasteiger partial charge in [-0.25, -0.2) is 9.97 Å². The van der Waals surface area contributed by atoms with Crippen LogP contribution in [0.2, 0.25) is 0 Å². The van der Waals surface area contributed by atoms with Crippen molar-refractivity contribution in [2.75, 3.05) is 64.4 Å². The van der Waals surface area contributed by atoms with E-state index in [1.54, 1.807) is 45.5 Å². The number of aryl methyl sites for hydroxylation is 1. The van der Waals surface area contributed by atoms with Crippen LogP contribution in [0.4, 0.5) is 22.7 Å². The molecule has 0 aliphatic carbocycles. The largest absolute Gasteiger partial charge is 0.497 e. The number of hydrogen-bond donors (Lipinski definition) is 2. The lowest BCUT2D eigenvalue weighted by molar-refractivity contribution is 0.221. The Bertz CT molecular complexity index is 2930. The summed E-state index contributed by atoms with van der Waals surface area (Å²) in [6.45, 7) is 14.0. The number of hydrogen-bond acceptors (Lipinski definition) is 15. The molecule has 7 aromatic rings. The maximum absolute atomic E-state index is 7.57. The molecule has 0 saturated carbocycles. The van der Waals surface area contributed by atoms with Crippen LogP contribution in [0.5, 0.6) is 23.0 Å². The average molecular weight is 905 g/mol. The van der Waals surface area contributed by atoms with Gasteiger partial charge in [-0.2, -0.15) is 5.10 Å². The van der Waals surface area contributed by atoms with E-state index in [0.717, 1.165) is 129 Å². The van der Waals surface area contributed by atoms with Gasteiger partial charge >= 0.3 is 0 Å². The molecule has 2 aliphatic heterocycles. The molecule has 9 rings (SSSR count). The highest BCUT2D eigenvalue weighted by Crippen LogP contribution is 2.43. The number of nitrogens with two attached hydrogens (primary N) is 1. The molecule has 4 aromatic carbocycles. The summed E-state index contributed by atoms with van der Waals surface area (Å²) in [4.78, 5) is 28.3. The number of nitrogens with zero attached hydrogens (tertiary/aromatic N) is 10. The monoisotopic (exact) mass is 904 g/mol. The van der Waals surface area contributed by atoms with Gasteiger partial charge in [0, 0.05) is 135 Å². The first-order valence-electron chi connectivity index (χ1n) is 22.4. The highest BCUT2D eigenvalue weighted by molar-refractivity contribution is 6.07. The normalized spacial score (nSPS) is 14.6. The van der Waals surface area contributed by atoms with Crippen LogP contribution in [0.1, 0.15) is 44.5 Å². The van der Waals surface area contributed by atoms with E-state index in [0.29, 0.717) is 23.4 Å². The molecule has 16 nitrogen and oxygen atoms in total. The number of aromatic nitrogens is 6. The predicted octanol–water partition coefficient (Wildman–Crippen LogP) is 8.37. The molecule has 0 atom stereocenters. The van der Waals surface area contributed by atoms with E-state index in [9.17, 15) is 0 Å². The Kier molecular flexibility index (Phi) is 13.8. The first-order valence-corrected chi connectivity index (χ1v) is 22.4. The number of methoxy groups -OCH3 is 4. The lowest BCUT2D eigenvalue weighted by Crippen LogP contribution is -2.34. The summed E-state index contributed by atoms with van der Waals surface area (Å²) >= 11 is 0. The minimum absolute atomic E-state index is 0.400. The molecule has 0 unspecified atom stereocenters. The van der Waals surface area contributed by atoms with E-state index < -0.39 is 0 Å². The summed E-state index contributed by atoms with van der Waals surface area (Å²) < 4.78 is 24.5. The van der Waals surface area contributed by atoms with Gasteiger partial charge in [-0.05, 0) is 64.1 Å². The molecular weight excluding hydrogens is 845 g/mol. The van der Waals surface area contributed by atoms with E-state index in [4.69, 9.17) is 40.1 Å². The van der Waals surface area contributed by atoms with Gasteiger partial charge in [0.1, 0.15) is 23.0 Å². The molecule has 0 radical (unpaired) electrons. The first kappa shape index (κ1) is 46.2. The van der Waals surface area contributed by atoms with Crippen molar-refractivity contribution in [1.82, 2.24) is 39.5 Å². The Balaban J connectivity index is 0.000000182. The summed E-state index contributed by atoms with van der Waals surface area (Å²) in [5.41, 5.74) is 18.2. The molecule has 3 N–H and O–H groups in total. The Hall–Kier alpha value is -7.30. The third-order valence-electron chi connectivity index (χ3n) is 12.5. The second-order valence-corrected chi connectivity index (χ2v) is 17.1. The summed E-state index contributed by atoms with van der Waals surface area (Å²) in [7, 11) is 8.67. The second kappa shape index (κ2) is 20.1. The first-order chi connectivity index (χ1) is 32.4. The van der Waals surface area contributed by atoms with Gasteiger partial charge in [0.2, 0.25) is 0 Å². The van der Waals surface area contributed by atoms with Crippen LogP contribution >= 0.6 is 0 Å². The Morgan fingerprint density at radius 3 is 1.61 bits per heavy atom. The fourth-order valence-corrected chi connectivity index (χ4v) is 8.67. The molecule has 0 spiro atoms. The molecule has 3 aromatic heterocycles. The molecule has 348 valence electrons. The van der Waals surface area contributed by atoms with Gasteiger partial charge in [0.05, 0.1) is 91.9 Å². The van der Waals surface area contributed by atoms with E-state index in [1.807, 2.05) is 49.8 Å². The maximum Gasteiger partial charge on any atom is 0.129 e. The number of ether oxygens (including phenoxy) is 4. The molecule has 0 bridgehead atoms. The predicted molar refractivity (Wildman–Crippen MR) is 266 cm³/mol. The van der Waals surface area contributed by atoms with Gasteiger partial charge in [-0.1, -0.05) is 0 Å². The second-order valence-electron chi connectivity index (χ2n) is 17.1. The molecule has 0 fully saturated rings. The summed E-state index contributed by atoms with van der Waals surface area (Å²) in [6.07, 6.45) is 9.76. The highest BCUT2D eigenvalue weighted by atomic mass is 16.5. The van der Waals surface area contributed by atoms with Gasteiger partial charge < -0.3 is 39.9 Å². The van der Waals surface area contributed by atoms with Crippen molar-refractivity contribution in [3.8, 4) is 34.3 Å². The van der Waals surface area contributed by atoms with Crippen molar-refractivity contribution < 1.29 is 18.9 Å². The Labute approximate surface area is 392 Å². The van der Waals surface area contributed by atoms with E-state index in [2.05, 4.69) is 92.7 Å². The molecule has 2 aliphatic rings. The standard InChI is InChI=1S/C26H30N6O2.C25H30N6O2/c1-17(2)31-8-9-32(25-11-20(33-4)12-26(34-5)21(25)16-31)19-6-7-22-23(10-19)29-24(14-27-22)18-13-28-30(3)15-18;1-16(2)30-7-8-31(24-10-19(32-3)11-25(33-4)20(24)15-30)18-5-6-21-22(9-18)29-23(14-28-21)17(12-26)13-27/h6-7,10-15,17H,8-9,16H2,1-5H3;5-6,9-14,16,26H,7-8,15,27H2,1-4H3/b;17-13+,26-12?. The number of nitrogens with one attached hydrogen (secondary N) is 1. The van der Waals surface area contributed by atoms with Crippen molar-refractivity contribution in [1.29, 1.82) is 5.41 Å². The van der Waals surface area contributed by atoms with Gasteiger partial charge in [-0.3, -0.25) is 24.4 Å². The zero-order chi connectivity index (χ0) is 47.4. The quantitative estimate of drug-likeness (QED) is 0.119. The minimum atomic E-state index is 0.400. The average Bonchev–Trinajstić information content (AvgIpc) is 3.56. The van der Waals surface area contributed by atoms with Gasteiger partial charge in [0.15, 0.2) is 0 Å². The minimum Gasteiger partial charge on any atom is -0.497 e. The summed E-state index contributed by atoms with van der Waals surface area (Å²) in [6, 6.07) is 21.2. The van der Waals surface area contributed by atoms with Crippen LogP contribution in [0.25, 0.3) is 38.9 Å². The van der Waals surface area contributed by atoms with Crippen LogP contribution in [0.15, 0.2) is 91.7 Å². The maximum atomic E-state index is 7.57. The third-order valence-corrected chi connectivity index (χ3v) is 12.5. The number of fused-ring (bicyclic) bond motifs is 4. The molecule has 5 heterocycles. The van der Waals surface area contributed by atoms with Crippen LogP contribution in [-0.4, -0.2) is 112 Å². The number of benzene rings is 4. The van der Waals surface area contributed by atoms with Crippen LogP contribution < -0.4 is 34.5 Å². The fourth-order valence-electron chi connectivity index (χ4n) is 8.67. The van der Waals surface area contributed by atoms with Crippen molar-refractivity contribution in [2.24, 2.45) is 12.8 Å². The Morgan fingerprint density at radius 2 is 1.16 bits per heavy atom. The van der Waals surface area contributed by atoms with E-state index >= 15 is 0 Å². The number of allylic oxidation sites excluding steroid dienone is 1. The third kappa shape index (κ3) is 9.67.